The predicted octanol–water partition coefficient (Wildman–Crippen LogP) is 3.63. The highest BCUT2D eigenvalue weighted by Gasteiger charge is 2.44. The number of nitro groups is 1. The molecule has 0 unspecified atom stereocenters. The second-order valence-electron chi connectivity index (χ2n) is 6.52. The molecule has 1 fully saturated rings. The maximum atomic E-state index is 11.9. The summed E-state index contributed by atoms with van der Waals surface area (Å²) in [6, 6.07) is 10.5. The highest BCUT2D eigenvalue weighted by molar-refractivity contribution is 6.30. The van der Waals surface area contributed by atoms with Gasteiger partial charge < -0.3 is 10.3 Å². The van der Waals surface area contributed by atoms with Gasteiger partial charge in [0, 0.05) is 23.0 Å². The molecule has 0 amide bonds. The molecule has 1 saturated carbocycles. The van der Waals surface area contributed by atoms with Crippen molar-refractivity contribution >= 4 is 33.9 Å². The molecule has 1 heterocycles. The first-order valence-electron chi connectivity index (χ1n) is 8.14. The molecule has 0 spiro atoms. The Balaban J connectivity index is 1.66. The Hall–Kier alpha value is -2.93. The number of halogens is 1. The van der Waals surface area contributed by atoms with Gasteiger partial charge in [-0.05, 0) is 36.6 Å². The van der Waals surface area contributed by atoms with Crippen LogP contribution in [0, 0.1) is 10.1 Å². The van der Waals surface area contributed by atoms with Crippen molar-refractivity contribution < 1.29 is 4.92 Å². The number of H-pyrrole nitrogens is 1. The van der Waals surface area contributed by atoms with E-state index in [9.17, 15) is 14.9 Å². The van der Waals surface area contributed by atoms with Crippen LogP contribution in [0.1, 0.15) is 18.4 Å². The van der Waals surface area contributed by atoms with Gasteiger partial charge in [0.05, 0.1) is 22.2 Å². The Morgan fingerprint density at radius 1 is 1.27 bits per heavy atom. The van der Waals surface area contributed by atoms with Gasteiger partial charge in [-0.2, -0.15) is 0 Å². The Morgan fingerprint density at radius 2 is 2.00 bits per heavy atom. The van der Waals surface area contributed by atoms with Crippen LogP contribution in [0.3, 0.4) is 0 Å². The van der Waals surface area contributed by atoms with Crippen LogP contribution in [0.5, 0.6) is 0 Å². The van der Waals surface area contributed by atoms with Crippen LogP contribution in [-0.4, -0.2) is 21.4 Å². The summed E-state index contributed by atoms with van der Waals surface area (Å²) >= 11 is 5.95. The lowest BCUT2D eigenvalue weighted by molar-refractivity contribution is -0.383. The van der Waals surface area contributed by atoms with E-state index >= 15 is 0 Å². The lowest BCUT2D eigenvalue weighted by atomic mass is 9.96. The Morgan fingerprint density at radius 3 is 2.65 bits per heavy atom. The average molecular weight is 371 g/mol. The van der Waals surface area contributed by atoms with Gasteiger partial charge in [0.1, 0.15) is 5.69 Å². The van der Waals surface area contributed by atoms with E-state index < -0.39 is 10.5 Å². The van der Waals surface area contributed by atoms with Gasteiger partial charge in [0.2, 0.25) is 0 Å². The van der Waals surface area contributed by atoms with Crippen LogP contribution in [0.4, 0.5) is 11.4 Å². The van der Waals surface area contributed by atoms with Gasteiger partial charge in [-0.1, -0.05) is 23.7 Å². The van der Waals surface area contributed by atoms with Gasteiger partial charge >= 0.3 is 0 Å². The van der Waals surface area contributed by atoms with Crippen molar-refractivity contribution in [2.45, 2.75) is 18.3 Å². The van der Waals surface area contributed by atoms with Crippen molar-refractivity contribution in [3.63, 3.8) is 0 Å². The second-order valence-corrected chi connectivity index (χ2v) is 6.95. The fourth-order valence-corrected chi connectivity index (χ4v) is 3.31. The van der Waals surface area contributed by atoms with Crippen LogP contribution in [-0.2, 0) is 5.41 Å². The van der Waals surface area contributed by atoms with Crippen LogP contribution >= 0.6 is 11.6 Å². The minimum Gasteiger partial charge on any atom is -0.379 e. The van der Waals surface area contributed by atoms with E-state index in [0.717, 1.165) is 18.4 Å². The standard InChI is InChI=1S/C18H15ClN4O3/c19-12-3-1-11(2-4-12)18(5-6-18)9-20-15-8-14-13(7-16(15)23(25)26)17(24)22-10-21-14/h1-4,7-8,10,20H,5-6,9H2,(H,21,22,24). The van der Waals surface area contributed by atoms with E-state index in [0.29, 0.717) is 22.8 Å². The molecule has 1 aliphatic rings. The smallest absolute Gasteiger partial charge is 0.293 e. The molecule has 4 rings (SSSR count). The molecule has 3 aromatic rings. The lowest BCUT2D eigenvalue weighted by Crippen LogP contribution is -2.20. The summed E-state index contributed by atoms with van der Waals surface area (Å²) in [5.41, 5.74) is 1.36. The third-order valence-corrected chi connectivity index (χ3v) is 5.13. The first-order chi connectivity index (χ1) is 12.5. The fraction of sp³-hybridized carbons (Fsp3) is 0.222. The maximum Gasteiger partial charge on any atom is 0.293 e. The van der Waals surface area contributed by atoms with E-state index in [1.165, 1.54) is 12.4 Å². The monoisotopic (exact) mass is 370 g/mol. The number of nitrogens with zero attached hydrogens (tertiary/aromatic N) is 2. The van der Waals surface area contributed by atoms with Gasteiger partial charge in [-0.3, -0.25) is 14.9 Å². The lowest BCUT2D eigenvalue weighted by Gasteiger charge is -2.18. The molecule has 0 saturated heterocycles. The number of nitrogens with one attached hydrogen (secondary N) is 2. The average Bonchev–Trinajstić information content (AvgIpc) is 3.41. The van der Waals surface area contributed by atoms with Crippen molar-refractivity contribution in [2.24, 2.45) is 0 Å². The number of rotatable bonds is 5. The summed E-state index contributed by atoms with van der Waals surface area (Å²) in [5.74, 6) is 0. The van der Waals surface area contributed by atoms with E-state index in [1.54, 1.807) is 6.07 Å². The molecule has 0 atom stereocenters. The Kier molecular flexibility index (Phi) is 3.88. The molecular weight excluding hydrogens is 356 g/mol. The van der Waals surface area contributed by atoms with Gasteiger partial charge in [0.25, 0.3) is 11.2 Å². The zero-order valence-electron chi connectivity index (χ0n) is 13.7. The second kappa shape index (κ2) is 6.10. The molecule has 7 nitrogen and oxygen atoms in total. The quantitative estimate of drug-likeness (QED) is 0.527. The zero-order chi connectivity index (χ0) is 18.3. The summed E-state index contributed by atoms with van der Waals surface area (Å²) in [5, 5.41) is 15.5. The SMILES string of the molecule is O=c1[nH]cnc2cc(NCC3(c4ccc(Cl)cc4)CC3)c([N+](=O)[O-])cc12. The summed E-state index contributed by atoms with van der Waals surface area (Å²) in [6.45, 7) is 0.560. The topological polar surface area (TPSA) is 101 Å². The van der Waals surface area contributed by atoms with E-state index in [-0.39, 0.29) is 16.5 Å². The molecular formula is C18H15ClN4O3. The normalized spacial score (nSPS) is 15.0. The van der Waals surface area contributed by atoms with Crippen molar-refractivity contribution in [2.75, 3.05) is 11.9 Å². The van der Waals surface area contributed by atoms with E-state index in [2.05, 4.69) is 15.3 Å². The molecule has 1 aromatic heterocycles. The minimum atomic E-state index is -0.490. The number of aromatic amines is 1. The van der Waals surface area contributed by atoms with Crippen LogP contribution in [0.15, 0.2) is 47.5 Å². The van der Waals surface area contributed by atoms with Crippen LogP contribution in [0.2, 0.25) is 5.02 Å². The molecule has 8 heteroatoms. The molecule has 1 aliphatic carbocycles. The summed E-state index contributed by atoms with van der Waals surface area (Å²) in [7, 11) is 0. The molecule has 0 bridgehead atoms. The molecule has 26 heavy (non-hydrogen) atoms. The summed E-state index contributed by atoms with van der Waals surface area (Å²) < 4.78 is 0. The van der Waals surface area contributed by atoms with Gasteiger partial charge in [-0.25, -0.2) is 4.98 Å². The largest absolute Gasteiger partial charge is 0.379 e. The van der Waals surface area contributed by atoms with Crippen molar-refractivity contribution in [1.82, 2.24) is 9.97 Å². The number of aromatic nitrogens is 2. The van der Waals surface area contributed by atoms with Crippen molar-refractivity contribution in [3.05, 3.63) is 73.8 Å². The number of hydrogen-bond acceptors (Lipinski definition) is 5. The van der Waals surface area contributed by atoms with E-state index in [1.807, 2.05) is 24.3 Å². The zero-order valence-corrected chi connectivity index (χ0v) is 14.4. The number of hydrogen-bond donors (Lipinski definition) is 2. The first-order valence-corrected chi connectivity index (χ1v) is 8.52. The molecule has 0 radical (unpaired) electrons. The third-order valence-electron chi connectivity index (χ3n) is 4.88. The maximum absolute atomic E-state index is 11.9. The molecule has 132 valence electrons. The third kappa shape index (κ3) is 2.90. The molecule has 0 aliphatic heterocycles. The van der Waals surface area contributed by atoms with Crippen molar-refractivity contribution in [1.29, 1.82) is 0 Å². The van der Waals surface area contributed by atoms with Crippen LogP contribution < -0.4 is 10.9 Å². The number of benzene rings is 2. The van der Waals surface area contributed by atoms with Crippen LogP contribution in [0.25, 0.3) is 10.9 Å². The van der Waals surface area contributed by atoms with Gasteiger partial charge in [0.15, 0.2) is 0 Å². The number of nitro benzene ring substituents is 1. The number of anilines is 1. The van der Waals surface area contributed by atoms with Crippen molar-refractivity contribution in [3.8, 4) is 0 Å². The molecule has 2 aromatic carbocycles. The van der Waals surface area contributed by atoms with E-state index in [4.69, 9.17) is 11.6 Å². The van der Waals surface area contributed by atoms with Gasteiger partial charge in [-0.15, -0.1) is 0 Å². The predicted molar refractivity (Wildman–Crippen MR) is 99.9 cm³/mol. The Bertz CT molecular complexity index is 1060. The Labute approximate surface area is 153 Å². The minimum absolute atomic E-state index is 0.0466. The fourth-order valence-electron chi connectivity index (χ4n) is 3.18. The molecule has 2 N–H and O–H groups in total. The summed E-state index contributed by atoms with van der Waals surface area (Å²) in [6.07, 6.45) is 3.29. The first kappa shape index (κ1) is 16.5. The summed E-state index contributed by atoms with van der Waals surface area (Å²) in [4.78, 5) is 29.3. The number of fused-ring (bicyclic) bond motifs is 1. The highest BCUT2D eigenvalue weighted by Crippen LogP contribution is 2.48. The highest BCUT2D eigenvalue weighted by atomic mass is 35.5.